The average Bonchev–Trinajstić information content (AvgIpc) is 3.34. The van der Waals surface area contributed by atoms with Gasteiger partial charge in [-0.15, -0.1) is 0 Å². The summed E-state index contributed by atoms with van der Waals surface area (Å²) in [6.07, 6.45) is 4.24. The molecule has 1 atom stereocenters. The van der Waals surface area contributed by atoms with Gasteiger partial charge in [0.05, 0.1) is 14.2 Å². The molecule has 172 valence electrons. The number of rotatable bonds is 10. The Bertz CT molecular complexity index is 876. The fourth-order valence-electron chi connectivity index (χ4n) is 3.80. The molecule has 1 fully saturated rings. The molecule has 32 heavy (non-hydrogen) atoms. The number of nitrogens with one attached hydrogen (secondary N) is 1. The lowest BCUT2D eigenvalue weighted by Crippen LogP contribution is -2.50. The first-order chi connectivity index (χ1) is 15.5. The van der Waals surface area contributed by atoms with Gasteiger partial charge in [0.2, 0.25) is 5.91 Å². The molecule has 2 aromatic rings. The quantitative estimate of drug-likeness (QED) is 0.611. The highest BCUT2D eigenvalue weighted by molar-refractivity contribution is 5.88. The minimum atomic E-state index is -0.621. The Morgan fingerprint density at radius 2 is 1.47 bits per heavy atom. The summed E-state index contributed by atoms with van der Waals surface area (Å²) >= 11 is 0. The number of amides is 2. The van der Waals surface area contributed by atoms with Gasteiger partial charge in [0, 0.05) is 12.6 Å². The molecule has 0 heterocycles. The molecule has 2 aromatic carbocycles. The Hall–Kier alpha value is -3.22. The van der Waals surface area contributed by atoms with Crippen LogP contribution in [0.25, 0.3) is 0 Å². The van der Waals surface area contributed by atoms with Crippen LogP contribution in [0.2, 0.25) is 0 Å². The fourth-order valence-corrected chi connectivity index (χ4v) is 3.80. The van der Waals surface area contributed by atoms with Gasteiger partial charge in [0.15, 0.2) is 6.61 Å². The summed E-state index contributed by atoms with van der Waals surface area (Å²) in [7, 11) is 3.20. The summed E-state index contributed by atoms with van der Waals surface area (Å²) in [5, 5.41) is 3.10. The molecule has 7 heteroatoms. The van der Waals surface area contributed by atoms with E-state index in [0.717, 1.165) is 37.0 Å². The van der Waals surface area contributed by atoms with Gasteiger partial charge in [-0.2, -0.15) is 0 Å². The summed E-state index contributed by atoms with van der Waals surface area (Å²) in [4.78, 5) is 27.6. The lowest BCUT2D eigenvalue weighted by Gasteiger charge is -2.29. The molecule has 2 amide bonds. The number of carbonyl (C=O) groups is 2. The van der Waals surface area contributed by atoms with E-state index in [1.807, 2.05) is 24.3 Å². The van der Waals surface area contributed by atoms with Crippen LogP contribution < -0.4 is 19.5 Å². The topological polar surface area (TPSA) is 77.1 Å². The number of carbonyl (C=O) groups excluding carboxylic acids is 2. The second-order valence-electron chi connectivity index (χ2n) is 8.00. The average molecular weight is 441 g/mol. The molecule has 1 N–H and O–H groups in total. The summed E-state index contributed by atoms with van der Waals surface area (Å²) in [6.45, 7) is 1.90. The van der Waals surface area contributed by atoms with Gasteiger partial charge in [-0.1, -0.05) is 25.0 Å². The lowest BCUT2D eigenvalue weighted by molar-refractivity contribution is -0.142. The van der Waals surface area contributed by atoms with Crippen LogP contribution in [0.5, 0.6) is 17.2 Å². The Labute approximate surface area is 189 Å². The summed E-state index contributed by atoms with van der Waals surface area (Å²) in [5.41, 5.74) is 0.907. The maximum absolute atomic E-state index is 13.1. The molecule has 0 unspecified atom stereocenters. The number of methoxy groups -OCH3 is 2. The highest BCUT2D eigenvalue weighted by Gasteiger charge is 2.28. The minimum absolute atomic E-state index is 0.136. The highest BCUT2D eigenvalue weighted by Crippen LogP contribution is 2.20. The number of benzene rings is 2. The van der Waals surface area contributed by atoms with Crippen molar-refractivity contribution in [1.82, 2.24) is 10.2 Å². The summed E-state index contributed by atoms with van der Waals surface area (Å²) in [5.74, 6) is 1.61. The molecule has 7 nitrogen and oxygen atoms in total. The van der Waals surface area contributed by atoms with Gasteiger partial charge in [0.25, 0.3) is 5.91 Å². The Kier molecular flexibility index (Phi) is 8.36. The van der Waals surface area contributed by atoms with Gasteiger partial charge >= 0.3 is 0 Å². The van der Waals surface area contributed by atoms with E-state index in [2.05, 4.69) is 5.32 Å². The van der Waals surface area contributed by atoms with Crippen molar-refractivity contribution in [3.8, 4) is 17.2 Å². The molecular weight excluding hydrogens is 408 g/mol. The highest BCUT2D eigenvalue weighted by atomic mass is 16.5. The minimum Gasteiger partial charge on any atom is -0.497 e. The van der Waals surface area contributed by atoms with E-state index in [-0.39, 0.29) is 24.5 Å². The van der Waals surface area contributed by atoms with Crippen molar-refractivity contribution >= 4 is 11.8 Å². The molecule has 0 spiro atoms. The smallest absolute Gasteiger partial charge is 0.261 e. The fraction of sp³-hybridized carbons (Fsp3) is 0.440. The summed E-state index contributed by atoms with van der Waals surface area (Å²) < 4.78 is 16.0. The van der Waals surface area contributed by atoms with E-state index in [1.54, 1.807) is 50.3 Å². The van der Waals surface area contributed by atoms with Crippen molar-refractivity contribution in [3.05, 3.63) is 54.1 Å². The van der Waals surface area contributed by atoms with Crippen LogP contribution in [0.3, 0.4) is 0 Å². The zero-order valence-corrected chi connectivity index (χ0v) is 19.0. The van der Waals surface area contributed by atoms with E-state index >= 15 is 0 Å². The molecule has 1 aliphatic rings. The normalized spacial score (nSPS) is 14.5. The SMILES string of the molecule is COc1ccc(CN(C(=O)COc2ccc(OC)cc2)[C@H](C)C(=O)NC2CCCC2)cc1. The van der Waals surface area contributed by atoms with Crippen LogP contribution in [0, 0.1) is 0 Å². The van der Waals surface area contributed by atoms with Crippen molar-refractivity contribution in [2.75, 3.05) is 20.8 Å². The first-order valence-corrected chi connectivity index (χ1v) is 11.0. The zero-order chi connectivity index (χ0) is 22.9. The third-order valence-corrected chi connectivity index (χ3v) is 5.80. The molecule has 0 saturated heterocycles. The standard InChI is InChI=1S/C25H32N2O5/c1-18(25(29)26-20-6-4-5-7-20)27(16-19-8-10-21(30-2)11-9-19)24(28)17-32-23-14-12-22(31-3)13-15-23/h8-15,18,20H,4-7,16-17H2,1-3H3,(H,26,29)/t18-/m1/s1. The van der Waals surface area contributed by atoms with Gasteiger partial charge in [-0.25, -0.2) is 0 Å². The molecule has 3 rings (SSSR count). The van der Waals surface area contributed by atoms with Crippen LogP contribution in [0.15, 0.2) is 48.5 Å². The van der Waals surface area contributed by atoms with Crippen molar-refractivity contribution in [2.45, 2.75) is 51.2 Å². The Morgan fingerprint density at radius 3 is 2.03 bits per heavy atom. The van der Waals surface area contributed by atoms with Crippen molar-refractivity contribution in [2.24, 2.45) is 0 Å². The molecule has 0 radical (unpaired) electrons. The third kappa shape index (κ3) is 6.39. The van der Waals surface area contributed by atoms with E-state index < -0.39 is 6.04 Å². The molecule has 1 aliphatic carbocycles. The Balaban J connectivity index is 1.69. The second kappa shape index (κ2) is 11.4. The van der Waals surface area contributed by atoms with Crippen LogP contribution in [0.4, 0.5) is 0 Å². The molecule has 0 aliphatic heterocycles. The van der Waals surface area contributed by atoms with E-state index in [9.17, 15) is 9.59 Å². The predicted octanol–water partition coefficient (Wildman–Crippen LogP) is 3.56. The van der Waals surface area contributed by atoms with Crippen molar-refractivity contribution in [1.29, 1.82) is 0 Å². The number of hydrogen-bond acceptors (Lipinski definition) is 5. The van der Waals surface area contributed by atoms with Gasteiger partial charge < -0.3 is 24.4 Å². The zero-order valence-electron chi connectivity index (χ0n) is 19.0. The first-order valence-electron chi connectivity index (χ1n) is 11.0. The van der Waals surface area contributed by atoms with Crippen molar-refractivity contribution < 1.29 is 23.8 Å². The van der Waals surface area contributed by atoms with Crippen molar-refractivity contribution in [3.63, 3.8) is 0 Å². The molecule has 1 saturated carbocycles. The van der Waals surface area contributed by atoms with Crippen LogP contribution in [-0.2, 0) is 16.1 Å². The van der Waals surface area contributed by atoms with Gasteiger partial charge in [-0.05, 0) is 61.7 Å². The largest absolute Gasteiger partial charge is 0.497 e. The molecule has 0 bridgehead atoms. The maximum Gasteiger partial charge on any atom is 0.261 e. The molecular formula is C25H32N2O5. The van der Waals surface area contributed by atoms with E-state index in [1.165, 1.54) is 0 Å². The summed E-state index contributed by atoms with van der Waals surface area (Å²) in [6, 6.07) is 14.1. The number of ether oxygens (including phenoxy) is 3. The third-order valence-electron chi connectivity index (χ3n) is 5.80. The van der Waals surface area contributed by atoms with Crippen LogP contribution in [0.1, 0.15) is 38.2 Å². The number of hydrogen-bond donors (Lipinski definition) is 1. The lowest BCUT2D eigenvalue weighted by atomic mass is 10.1. The van der Waals surface area contributed by atoms with Gasteiger partial charge in [-0.3, -0.25) is 9.59 Å². The molecule has 0 aromatic heterocycles. The maximum atomic E-state index is 13.1. The predicted molar refractivity (Wildman–Crippen MR) is 122 cm³/mol. The number of nitrogens with zero attached hydrogens (tertiary/aromatic N) is 1. The van der Waals surface area contributed by atoms with Crippen LogP contribution >= 0.6 is 0 Å². The van der Waals surface area contributed by atoms with Gasteiger partial charge in [0.1, 0.15) is 23.3 Å². The first kappa shape index (κ1) is 23.4. The Morgan fingerprint density at radius 1 is 0.938 bits per heavy atom. The van der Waals surface area contributed by atoms with E-state index in [0.29, 0.717) is 18.0 Å². The monoisotopic (exact) mass is 440 g/mol. The second-order valence-corrected chi connectivity index (χ2v) is 8.00. The van der Waals surface area contributed by atoms with E-state index in [4.69, 9.17) is 14.2 Å². The van der Waals surface area contributed by atoms with Crippen LogP contribution in [-0.4, -0.2) is 49.6 Å².